The molecule has 0 amide bonds. The minimum atomic E-state index is 0.773. The van der Waals surface area contributed by atoms with E-state index in [1.807, 2.05) is 0 Å². The molecule has 0 aliphatic carbocycles. The van der Waals surface area contributed by atoms with Gasteiger partial charge in [0.15, 0.2) is 0 Å². The van der Waals surface area contributed by atoms with Crippen LogP contribution >= 0.6 is 0 Å². The van der Waals surface area contributed by atoms with Crippen LogP contribution in [-0.4, -0.2) is 62.2 Å². The maximum Gasteiger partial charge on any atom is 0.0107 e. The molecular weight excluding hydrogens is 210 g/mol. The van der Waals surface area contributed by atoms with Crippen molar-refractivity contribution in [2.24, 2.45) is 5.92 Å². The summed E-state index contributed by atoms with van der Waals surface area (Å²) in [5.41, 5.74) is 0. The minimum absolute atomic E-state index is 0.773. The molecule has 0 unspecified atom stereocenters. The Morgan fingerprint density at radius 1 is 1.00 bits per heavy atom. The largest absolute Gasteiger partial charge is 0.313 e. The molecule has 0 aromatic heterocycles. The molecule has 0 spiro atoms. The molecule has 0 aromatic rings. The van der Waals surface area contributed by atoms with Gasteiger partial charge in [0.05, 0.1) is 0 Å². The van der Waals surface area contributed by atoms with Crippen molar-refractivity contribution in [1.29, 1.82) is 0 Å². The van der Waals surface area contributed by atoms with E-state index in [2.05, 4.69) is 29.1 Å². The molecule has 0 radical (unpaired) electrons. The first-order valence-corrected chi connectivity index (χ1v) is 7.38. The second kappa shape index (κ2) is 6.72. The standard InChI is InChI=1S/C14H29N3/c1-13-3-10-17(11-4-13)12-7-15-14-5-8-16(2)9-6-14/h13-15H,3-12H2,1-2H3. The van der Waals surface area contributed by atoms with Gasteiger partial charge in [0.2, 0.25) is 0 Å². The topological polar surface area (TPSA) is 18.5 Å². The van der Waals surface area contributed by atoms with Gasteiger partial charge in [-0.15, -0.1) is 0 Å². The van der Waals surface area contributed by atoms with Crippen molar-refractivity contribution in [1.82, 2.24) is 15.1 Å². The SMILES string of the molecule is CC1CCN(CCNC2CCN(C)CC2)CC1. The molecular formula is C14H29N3. The van der Waals surface area contributed by atoms with Crippen LogP contribution in [0.25, 0.3) is 0 Å². The van der Waals surface area contributed by atoms with Gasteiger partial charge in [-0.25, -0.2) is 0 Å². The molecule has 3 nitrogen and oxygen atoms in total. The summed E-state index contributed by atoms with van der Waals surface area (Å²) in [6.07, 6.45) is 5.45. The first-order valence-electron chi connectivity index (χ1n) is 7.38. The van der Waals surface area contributed by atoms with E-state index in [-0.39, 0.29) is 0 Å². The maximum atomic E-state index is 3.73. The third-order valence-corrected chi connectivity index (χ3v) is 4.46. The lowest BCUT2D eigenvalue weighted by Crippen LogP contribution is -2.44. The van der Waals surface area contributed by atoms with Crippen molar-refractivity contribution in [3.63, 3.8) is 0 Å². The van der Waals surface area contributed by atoms with Crippen LogP contribution in [0.1, 0.15) is 32.6 Å². The van der Waals surface area contributed by atoms with Crippen LogP contribution in [-0.2, 0) is 0 Å². The molecule has 0 saturated carbocycles. The van der Waals surface area contributed by atoms with Crippen LogP contribution in [0, 0.1) is 5.92 Å². The fourth-order valence-corrected chi connectivity index (χ4v) is 2.93. The van der Waals surface area contributed by atoms with Gasteiger partial charge >= 0.3 is 0 Å². The number of nitrogens with one attached hydrogen (secondary N) is 1. The van der Waals surface area contributed by atoms with Crippen molar-refractivity contribution in [3.05, 3.63) is 0 Å². The molecule has 2 fully saturated rings. The number of nitrogens with zero attached hydrogens (tertiary/aromatic N) is 2. The van der Waals surface area contributed by atoms with Crippen LogP contribution in [0.5, 0.6) is 0 Å². The summed E-state index contributed by atoms with van der Waals surface area (Å²) in [5, 5.41) is 3.73. The molecule has 17 heavy (non-hydrogen) atoms. The van der Waals surface area contributed by atoms with Crippen LogP contribution in [0.4, 0.5) is 0 Å². The summed E-state index contributed by atoms with van der Waals surface area (Å²) in [6, 6.07) is 0.773. The number of hydrogen-bond donors (Lipinski definition) is 1. The molecule has 1 N–H and O–H groups in total. The molecule has 0 aromatic carbocycles. The summed E-state index contributed by atoms with van der Waals surface area (Å²) in [7, 11) is 2.23. The van der Waals surface area contributed by atoms with E-state index in [9.17, 15) is 0 Å². The number of piperidine rings is 2. The monoisotopic (exact) mass is 239 g/mol. The lowest BCUT2D eigenvalue weighted by Gasteiger charge is -2.32. The van der Waals surface area contributed by atoms with Crippen molar-refractivity contribution in [2.45, 2.75) is 38.6 Å². The molecule has 2 heterocycles. The van der Waals surface area contributed by atoms with Crippen LogP contribution in [0.3, 0.4) is 0 Å². The molecule has 3 heteroatoms. The fourth-order valence-electron chi connectivity index (χ4n) is 2.93. The van der Waals surface area contributed by atoms with Gasteiger partial charge in [0, 0.05) is 19.1 Å². The van der Waals surface area contributed by atoms with Crippen LogP contribution in [0.2, 0.25) is 0 Å². The Hall–Kier alpha value is -0.120. The lowest BCUT2D eigenvalue weighted by molar-refractivity contribution is 0.183. The molecule has 2 aliphatic heterocycles. The predicted molar refractivity (Wildman–Crippen MR) is 73.4 cm³/mol. The third-order valence-electron chi connectivity index (χ3n) is 4.46. The van der Waals surface area contributed by atoms with Crippen molar-refractivity contribution >= 4 is 0 Å². The summed E-state index contributed by atoms with van der Waals surface area (Å²) in [5.74, 6) is 0.952. The highest BCUT2D eigenvalue weighted by Gasteiger charge is 2.17. The normalized spacial score (nSPS) is 26.5. The number of rotatable bonds is 4. The third kappa shape index (κ3) is 4.57. The quantitative estimate of drug-likeness (QED) is 0.800. The minimum Gasteiger partial charge on any atom is -0.313 e. The van der Waals surface area contributed by atoms with E-state index >= 15 is 0 Å². The maximum absolute atomic E-state index is 3.73. The molecule has 2 saturated heterocycles. The Bertz CT molecular complexity index is 182. The van der Waals surface area contributed by atoms with Crippen molar-refractivity contribution < 1.29 is 0 Å². The Labute approximate surface area is 107 Å². The molecule has 0 bridgehead atoms. The zero-order valence-corrected chi connectivity index (χ0v) is 11.6. The average Bonchev–Trinajstić information content (AvgIpc) is 2.34. The first kappa shape index (κ1) is 13.3. The summed E-state index contributed by atoms with van der Waals surface area (Å²) in [4.78, 5) is 5.06. The van der Waals surface area contributed by atoms with Gasteiger partial charge in [0.25, 0.3) is 0 Å². The summed E-state index contributed by atoms with van der Waals surface area (Å²) in [6.45, 7) is 9.97. The van der Waals surface area contributed by atoms with E-state index < -0.39 is 0 Å². The number of hydrogen-bond acceptors (Lipinski definition) is 3. The molecule has 0 atom stereocenters. The van der Waals surface area contributed by atoms with Crippen molar-refractivity contribution in [2.75, 3.05) is 46.3 Å². The highest BCUT2D eigenvalue weighted by Crippen LogP contribution is 2.15. The van der Waals surface area contributed by atoms with Gasteiger partial charge in [-0.05, 0) is 64.8 Å². The predicted octanol–water partition coefficient (Wildman–Crippen LogP) is 1.40. The Morgan fingerprint density at radius 3 is 2.29 bits per heavy atom. The fraction of sp³-hybridized carbons (Fsp3) is 1.00. The van der Waals surface area contributed by atoms with Gasteiger partial charge in [-0.3, -0.25) is 0 Å². The second-order valence-electron chi connectivity index (χ2n) is 6.06. The summed E-state index contributed by atoms with van der Waals surface area (Å²) >= 11 is 0. The van der Waals surface area contributed by atoms with Gasteiger partial charge in [-0.2, -0.15) is 0 Å². The Morgan fingerprint density at radius 2 is 1.65 bits per heavy atom. The molecule has 2 rings (SSSR count). The highest BCUT2D eigenvalue weighted by atomic mass is 15.2. The summed E-state index contributed by atoms with van der Waals surface area (Å²) < 4.78 is 0. The van der Waals surface area contributed by atoms with Crippen molar-refractivity contribution in [3.8, 4) is 0 Å². The first-order chi connectivity index (χ1) is 8.24. The number of likely N-dealkylation sites (tertiary alicyclic amines) is 2. The van der Waals surface area contributed by atoms with Crippen LogP contribution < -0.4 is 5.32 Å². The van der Waals surface area contributed by atoms with Crippen LogP contribution in [0.15, 0.2) is 0 Å². The van der Waals surface area contributed by atoms with Gasteiger partial charge in [-0.1, -0.05) is 6.92 Å². The van der Waals surface area contributed by atoms with E-state index in [1.165, 1.54) is 65.0 Å². The lowest BCUT2D eigenvalue weighted by atomic mass is 9.99. The smallest absolute Gasteiger partial charge is 0.0107 e. The van der Waals surface area contributed by atoms with E-state index in [0.717, 1.165) is 12.0 Å². The van der Waals surface area contributed by atoms with E-state index in [1.54, 1.807) is 0 Å². The van der Waals surface area contributed by atoms with E-state index in [4.69, 9.17) is 0 Å². The van der Waals surface area contributed by atoms with E-state index in [0.29, 0.717) is 0 Å². The average molecular weight is 239 g/mol. The Balaban J connectivity index is 1.54. The zero-order valence-electron chi connectivity index (χ0n) is 11.6. The van der Waals surface area contributed by atoms with Gasteiger partial charge < -0.3 is 15.1 Å². The molecule has 2 aliphatic rings. The van der Waals surface area contributed by atoms with Gasteiger partial charge in [0.1, 0.15) is 0 Å². The molecule has 100 valence electrons. The second-order valence-corrected chi connectivity index (χ2v) is 6.06. The Kier molecular flexibility index (Phi) is 5.26. The highest BCUT2D eigenvalue weighted by molar-refractivity contribution is 4.76. The zero-order chi connectivity index (χ0) is 12.1.